The van der Waals surface area contributed by atoms with Crippen LogP contribution in [0.1, 0.15) is 24.1 Å². The van der Waals surface area contributed by atoms with Gasteiger partial charge in [0.2, 0.25) is 5.91 Å². The molecule has 1 aliphatic rings. The molecule has 5 nitrogen and oxygen atoms in total. The molecule has 0 spiro atoms. The molecule has 1 aliphatic heterocycles. The van der Waals surface area contributed by atoms with Gasteiger partial charge in [0, 0.05) is 51.2 Å². The quantitative estimate of drug-likeness (QED) is 0.821. The molecule has 1 atom stereocenters. The van der Waals surface area contributed by atoms with Crippen LogP contribution in [-0.4, -0.2) is 53.4 Å². The molecule has 1 unspecified atom stereocenters. The first kappa shape index (κ1) is 21.3. The molecule has 0 aliphatic carbocycles. The van der Waals surface area contributed by atoms with Gasteiger partial charge in [0.05, 0.1) is 6.54 Å². The summed E-state index contributed by atoms with van der Waals surface area (Å²) in [4.78, 5) is 21.0. The summed E-state index contributed by atoms with van der Waals surface area (Å²) in [6.45, 7) is 5.80. The maximum Gasteiger partial charge on any atom is 0.237 e. The van der Waals surface area contributed by atoms with E-state index in [1.165, 1.54) is 12.1 Å². The van der Waals surface area contributed by atoms with E-state index >= 15 is 0 Å². The van der Waals surface area contributed by atoms with Crippen LogP contribution in [0.4, 0.5) is 4.39 Å². The third-order valence-corrected chi connectivity index (χ3v) is 4.76. The first-order chi connectivity index (χ1) is 12.7. The fourth-order valence-electron chi connectivity index (χ4n) is 3.34. The van der Waals surface area contributed by atoms with Crippen molar-refractivity contribution in [1.29, 1.82) is 0 Å². The van der Waals surface area contributed by atoms with Gasteiger partial charge < -0.3 is 10.2 Å². The predicted molar refractivity (Wildman–Crippen MR) is 106 cm³/mol. The fraction of sp³-hybridized carbons (Fsp3) is 0.400. The van der Waals surface area contributed by atoms with Crippen LogP contribution in [0.2, 0.25) is 0 Å². The van der Waals surface area contributed by atoms with Crippen LogP contribution in [0.5, 0.6) is 0 Å². The van der Waals surface area contributed by atoms with E-state index in [-0.39, 0.29) is 30.2 Å². The van der Waals surface area contributed by atoms with Gasteiger partial charge >= 0.3 is 0 Å². The molecule has 0 bridgehead atoms. The smallest absolute Gasteiger partial charge is 0.237 e. The summed E-state index contributed by atoms with van der Waals surface area (Å²) < 4.78 is 13.4. The Labute approximate surface area is 166 Å². The van der Waals surface area contributed by atoms with Gasteiger partial charge in [-0.1, -0.05) is 18.2 Å². The number of nitrogens with one attached hydrogen (secondary N) is 1. The monoisotopic (exact) mass is 392 g/mol. The number of amides is 1. The second-order valence-electron chi connectivity index (χ2n) is 6.51. The minimum absolute atomic E-state index is 0. The van der Waals surface area contributed by atoms with E-state index in [1.807, 2.05) is 31.3 Å². The molecule has 7 heteroatoms. The zero-order valence-corrected chi connectivity index (χ0v) is 16.3. The minimum Gasteiger partial charge on any atom is -0.338 e. The van der Waals surface area contributed by atoms with Gasteiger partial charge in [-0.2, -0.15) is 0 Å². The number of benzene rings is 1. The molecule has 0 radical (unpaired) electrons. The molecule has 27 heavy (non-hydrogen) atoms. The molecule has 1 fully saturated rings. The van der Waals surface area contributed by atoms with Gasteiger partial charge in [0.1, 0.15) is 5.82 Å². The Balaban J connectivity index is 0.00000261. The zero-order valence-electron chi connectivity index (χ0n) is 15.5. The van der Waals surface area contributed by atoms with Crippen molar-refractivity contribution in [3.05, 3.63) is 65.7 Å². The lowest BCUT2D eigenvalue weighted by Crippen LogP contribution is -2.50. The molecule has 1 aromatic carbocycles. The number of nitrogens with zero attached hydrogens (tertiary/aromatic N) is 3. The first-order valence-corrected chi connectivity index (χ1v) is 9.04. The summed E-state index contributed by atoms with van der Waals surface area (Å²) in [5.41, 5.74) is 1.92. The number of piperazine rings is 1. The predicted octanol–water partition coefficient (Wildman–Crippen LogP) is 2.64. The molecule has 1 saturated heterocycles. The van der Waals surface area contributed by atoms with Crippen LogP contribution in [-0.2, 0) is 11.3 Å². The molecule has 1 N–H and O–H groups in total. The van der Waals surface area contributed by atoms with Gasteiger partial charge in [-0.15, -0.1) is 12.4 Å². The van der Waals surface area contributed by atoms with E-state index < -0.39 is 0 Å². The van der Waals surface area contributed by atoms with Crippen molar-refractivity contribution in [2.45, 2.75) is 19.5 Å². The average molecular weight is 393 g/mol. The van der Waals surface area contributed by atoms with Crippen LogP contribution >= 0.6 is 12.4 Å². The lowest BCUT2D eigenvalue weighted by molar-refractivity contribution is -0.133. The minimum atomic E-state index is -0.273. The second-order valence-corrected chi connectivity index (χ2v) is 6.51. The Hall–Kier alpha value is -2.02. The highest BCUT2D eigenvalue weighted by atomic mass is 35.5. The van der Waals surface area contributed by atoms with Crippen molar-refractivity contribution in [3.63, 3.8) is 0 Å². The van der Waals surface area contributed by atoms with Crippen LogP contribution in [0.15, 0.2) is 48.8 Å². The Kier molecular flexibility index (Phi) is 8.16. The van der Waals surface area contributed by atoms with Crippen LogP contribution < -0.4 is 5.32 Å². The highest BCUT2D eigenvalue weighted by Crippen LogP contribution is 2.21. The number of halogens is 2. The van der Waals surface area contributed by atoms with Crippen molar-refractivity contribution >= 4 is 18.3 Å². The van der Waals surface area contributed by atoms with Gasteiger partial charge in [-0.3, -0.25) is 14.7 Å². The topological polar surface area (TPSA) is 48.5 Å². The standard InChI is InChI=1S/C20H25FN4O.ClH/c1-2-24(14-16-5-3-7-18(21)11-16)20(26)15-25-10-9-23-13-19(25)17-6-4-8-22-12-17;/h3-8,11-12,19,23H,2,9-10,13-15H2,1H3;1H. The Morgan fingerprint density at radius 1 is 1.37 bits per heavy atom. The number of carbonyl (C=O) groups is 1. The van der Waals surface area contributed by atoms with Crippen molar-refractivity contribution in [2.24, 2.45) is 0 Å². The summed E-state index contributed by atoms with van der Waals surface area (Å²) in [5, 5.41) is 3.39. The third-order valence-electron chi connectivity index (χ3n) is 4.76. The number of pyridine rings is 1. The molecule has 3 rings (SSSR count). The summed E-state index contributed by atoms with van der Waals surface area (Å²) in [7, 11) is 0. The first-order valence-electron chi connectivity index (χ1n) is 9.04. The summed E-state index contributed by atoms with van der Waals surface area (Å²) in [5.74, 6) is -0.211. The van der Waals surface area contributed by atoms with Crippen LogP contribution in [0.25, 0.3) is 0 Å². The molecule has 1 amide bonds. The van der Waals surface area contributed by atoms with Crippen LogP contribution in [0, 0.1) is 5.82 Å². The van der Waals surface area contributed by atoms with Gasteiger partial charge in [0.15, 0.2) is 0 Å². The highest BCUT2D eigenvalue weighted by molar-refractivity contribution is 5.85. The van der Waals surface area contributed by atoms with E-state index in [2.05, 4.69) is 15.2 Å². The summed E-state index contributed by atoms with van der Waals surface area (Å²) in [6, 6.07) is 10.5. The molecule has 1 aromatic heterocycles. The van der Waals surface area contributed by atoms with E-state index in [0.29, 0.717) is 19.6 Å². The van der Waals surface area contributed by atoms with E-state index in [0.717, 1.165) is 30.8 Å². The number of rotatable bonds is 6. The molecule has 2 aromatic rings. The molecule has 146 valence electrons. The van der Waals surface area contributed by atoms with E-state index in [4.69, 9.17) is 0 Å². The fourth-order valence-corrected chi connectivity index (χ4v) is 3.34. The van der Waals surface area contributed by atoms with Crippen molar-refractivity contribution in [3.8, 4) is 0 Å². The second kappa shape index (κ2) is 10.3. The number of hydrogen-bond donors (Lipinski definition) is 1. The molecular formula is C20H26ClFN4O. The van der Waals surface area contributed by atoms with E-state index in [1.54, 1.807) is 17.2 Å². The maximum atomic E-state index is 13.4. The third kappa shape index (κ3) is 5.73. The Morgan fingerprint density at radius 3 is 2.93 bits per heavy atom. The largest absolute Gasteiger partial charge is 0.338 e. The molecular weight excluding hydrogens is 367 g/mol. The van der Waals surface area contributed by atoms with Gasteiger partial charge in [-0.25, -0.2) is 4.39 Å². The number of hydrogen-bond acceptors (Lipinski definition) is 4. The SMILES string of the molecule is CCN(Cc1cccc(F)c1)C(=O)CN1CCNCC1c1cccnc1.Cl. The van der Waals surface area contributed by atoms with Gasteiger partial charge in [0.25, 0.3) is 0 Å². The number of likely N-dealkylation sites (N-methyl/N-ethyl adjacent to an activating group) is 1. The molecule has 0 saturated carbocycles. The van der Waals surface area contributed by atoms with Crippen LogP contribution in [0.3, 0.4) is 0 Å². The summed E-state index contributed by atoms with van der Waals surface area (Å²) in [6.07, 6.45) is 3.62. The lowest BCUT2D eigenvalue weighted by atomic mass is 10.1. The number of aromatic nitrogens is 1. The van der Waals surface area contributed by atoms with Gasteiger partial charge in [-0.05, 0) is 36.2 Å². The average Bonchev–Trinajstić information content (AvgIpc) is 2.67. The van der Waals surface area contributed by atoms with E-state index in [9.17, 15) is 9.18 Å². The Bertz CT molecular complexity index is 731. The van der Waals surface area contributed by atoms with Crippen molar-refractivity contribution < 1.29 is 9.18 Å². The molecule has 2 heterocycles. The lowest BCUT2D eigenvalue weighted by Gasteiger charge is -2.37. The van der Waals surface area contributed by atoms with Crippen molar-refractivity contribution in [1.82, 2.24) is 20.1 Å². The normalized spacial score (nSPS) is 17.2. The maximum absolute atomic E-state index is 13.4. The highest BCUT2D eigenvalue weighted by Gasteiger charge is 2.27. The number of carbonyl (C=O) groups excluding carboxylic acids is 1. The summed E-state index contributed by atoms with van der Waals surface area (Å²) >= 11 is 0. The Morgan fingerprint density at radius 2 is 2.22 bits per heavy atom. The zero-order chi connectivity index (χ0) is 18.4. The van der Waals surface area contributed by atoms with Crippen molar-refractivity contribution in [2.75, 3.05) is 32.7 Å².